The van der Waals surface area contributed by atoms with Gasteiger partial charge in [-0.05, 0) is 37.5 Å². The SMILES string of the molecule is CCC1CCN(C(=O)N2C(C(=O)O)CC3CCCCC32)C1. The zero-order valence-electron chi connectivity index (χ0n) is 12.8. The van der Waals surface area contributed by atoms with Gasteiger partial charge < -0.3 is 14.9 Å². The quantitative estimate of drug-likeness (QED) is 0.851. The summed E-state index contributed by atoms with van der Waals surface area (Å²) in [7, 11) is 0. The van der Waals surface area contributed by atoms with Gasteiger partial charge in [0.05, 0.1) is 0 Å². The molecule has 2 saturated heterocycles. The molecule has 118 valence electrons. The summed E-state index contributed by atoms with van der Waals surface area (Å²) in [5, 5.41) is 9.51. The minimum atomic E-state index is -0.830. The lowest BCUT2D eigenvalue weighted by Gasteiger charge is -2.35. The van der Waals surface area contributed by atoms with Crippen LogP contribution in [0.25, 0.3) is 0 Å². The first-order valence-electron chi connectivity index (χ1n) is 8.41. The van der Waals surface area contributed by atoms with Crippen molar-refractivity contribution in [1.82, 2.24) is 9.80 Å². The fourth-order valence-electron chi connectivity index (χ4n) is 4.46. The van der Waals surface area contributed by atoms with E-state index in [1.807, 2.05) is 4.90 Å². The highest BCUT2D eigenvalue weighted by atomic mass is 16.4. The molecule has 0 bridgehead atoms. The molecule has 4 atom stereocenters. The molecule has 0 radical (unpaired) electrons. The van der Waals surface area contributed by atoms with Crippen LogP contribution in [0.2, 0.25) is 0 Å². The molecule has 2 amide bonds. The number of aliphatic carboxylic acids is 1. The topological polar surface area (TPSA) is 60.9 Å². The maximum Gasteiger partial charge on any atom is 0.326 e. The van der Waals surface area contributed by atoms with Gasteiger partial charge in [0.15, 0.2) is 0 Å². The van der Waals surface area contributed by atoms with Crippen molar-refractivity contribution in [3.8, 4) is 0 Å². The van der Waals surface area contributed by atoms with Gasteiger partial charge in [-0.3, -0.25) is 0 Å². The van der Waals surface area contributed by atoms with E-state index < -0.39 is 12.0 Å². The second-order valence-electron chi connectivity index (χ2n) is 6.90. The van der Waals surface area contributed by atoms with Crippen LogP contribution in [-0.2, 0) is 4.79 Å². The number of carboxylic acids is 1. The summed E-state index contributed by atoms with van der Waals surface area (Å²) in [6.07, 6.45) is 7.16. The number of rotatable bonds is 2. The molecule has 21 heavy (non-hydrogen) atoms. The third-order valence-electron chi connectivity index (χ3n) is 5.73. The molecule has 0 aromatic rings. The molecule has 3 rings (SSSR count). The van der Waals surface area contributed by atoms with Gasteiger partial charge >= 0.3 is 12.0 Å². The van der Waals surface area contributed by atoms with Crippen LogP contribution in [-0.4, -0.2) is 52.1 Å². The third-order valence-corrected chi connectivity index (χ3v) is 5.73. The largest absolute Gasteiger partial charge is 0.480 e. The molecule has 0 aromatic heterocycles. The van der Waals surface area contributed by atoms with Crippen molar-refractivity contribution in [2.24, 2.45) is 11.8 Å². The Bertz CT molecular complexity index is 426. The van der Waals surface area contributed by atoms with Gasteiger partial charge in [-0.25, -0.2) is 9.59 Å². The Morgan fingerprint density at radius 1 is 1.19 bits per heavy atom. The smallest absolute Gasteiger partial charge is 0.326 e. The molecule has 5 nitrogen and oxygen atoms in total. The van der Waals surface area contributed by atoms with Crippen LogP contribution in [0.1, 0.15) is 51.9 Å². The Balaban J connectivity index is 1.76. The van der Waals surface area contributed by atoms with Crippen LogP contribution >= 0.6 is 0 Å². The van der Waals surface area contributed by atoms with E-state index in [-0.39, 0.29) is 12.1 Å². The number of carbonyl (C=O) groups is 2. The summed E-state index contributed by atoms with van der Waals surface area (Å²) in [5.41, 5.74) is 0. The Morgan fingerprint density at radius 3 is 2.62 bits per heavy atom. The predicted octanol–water partition coefficient (Wildman–Crippen LogP) is 2.56. The molecule has 5 heteroatoms. The fraction of sp³-hybridized carbons (Fsp3) is 0.875. The summed E-state index contributed by atoms with van der Waals surface area (Å²) < 4.78 is 0. The summed E-state index contributed by atoms with van der Waals surface area (Å²) >= 11 is 0. The number of nitrogens with zero attached hydrogens (tertiary/aromatic N) is 2. The summed E-state index contributed by atoms with van der Waals surface area (Å²) in [4.78, 5) is 28.1. The average molecular weight is 294 g/mol. The van der Waals surface area contributed by atoms with Crippen molar-refractivity contribution in [2.45, 2.75) is 64.0 Å². The molecule has 1 N–H and O–H groups in total. The zero-order chi connectivity index (χ0) is 15.0. The Kier molecular flexibility index (Phi) is 4.09. The molecular weight excluding hydrogens is 268 g/mol. The van der Waals surface area contributed by atoms with E-state index in [2.05, 4.69) is 6.92 Å². The minimum Gasteiger partial charge on any atom is -0.480 e. The van der Waals surface area contributed by atoms with E-state index in [1.165, 1.54) is 6.42 Å². The maximum absolute atomic E-state index is 12.9. The second-order valence-corrected chi connectivity index (χ2v) is 6.90. The molecule has 3 fully saturated rings. The zero-order valence-corrected chi connectivity index (χ0v) is 12.8. The van der Waals surface area contributed by atoms with Crippen molar-refractivity contribution in [1.29, 1.82) is 0 Å². The van der Waals surface area contributed by atoms with Crippen molar-refractivity contribution >= 4 is 12.0 Å². The monoisotopic (exact) mass is 294 g/mol. The van der Waals surface area contributed by atoms with Crippen LogP contribution < -0.4 is 0 Å². The number of amides is 2. The lowest BCUT2D eigenvalue weighted by atomic mass is 9.85. The molecular formula is C16H26N2O3. The molecule has 0 aromatic carbocycles. The van der Waals surface area contributed by atoms with Crippen LogP contribution in [0, 0.1) is 11.8 Å². The second kappa shape index (κ2) is 5.85. The molecule has 0 spiro atoms. The lowest BCUT2D eigenvalue weighted by molar-refractivity contribution is -0.141. The van der Waals surface area contributed by atoms with Crippen molar-refractivity contribution in [3.63, 3.8) is 0 Å². The standard InChI is InChI=1S/C16H26N2O3/c1-2-11-7-8-17(10-11)16(21)18-13-6-4-3-5-12(13)9-14(18)15(19)20/h11-14H,2-10H2,1H3,(H,19,20). The Hall–Kier alpha value is -1.26. The van der Waals surface area contributed by atoms with Gasteiger partial charge in [0.25, 0.3) is 0 Å². The van der Waals surface area contributed by atoms with E-state index in [1.54, 1.807) is 4.90 Å². The van der Waals surface area contributed by atoms with Gasteiger partial charge in [0.1, 0.15) is 6.04 Å². The Morgan fingerprint density at radius 2 is 1.95 bits per heavy atom. The molecule has 2 aliphatic heterocycles. The van der Waals surface area contributed by atoms with Crippen molar-refractivity contribution in [3.05, 3.63) is 0 Å². The van der Waals surface area contributed by atoms with Gasteiger partial charge in [-0.1, -0.05) is 26.2 Å². The number of hydrogen-bond donors (Lipinski definition) is 1. The van der Waals surface area contributed by atoms with Gasteiger partial charge in [0, 0.05) is 19.1 Å². The highest BCUT2D eigenvalue weighted by Crippen LogP contribution is 2.40. The van der Waals surface area contributed by atoms with E-state index in [0.717, 1.165) is 45.2 Å². The number of carboxylic acid groups (broad SMARTS) is 1. The maximum atomic E-state index is 12.9. The van der Waals surface area contributed by atoms with E-state index in [9.17, 15) is 14.7 Å². The molecule has 1 saturated carbocycles. The molecule has 1 aliphatic carbocycles. The molecule has 3 aliphatic rings. The summed E-state index contributed by atoms with van der Waals surface area (Å²) in [6.45, 7) is 3.75. The fourth-order valence-corrected chi connectivity index (χ4v) is 4.46. The number of fused-ring (bicyclic) bond motifs is 1. The van der Waals surface area contributed by atoms with Crippen LogP contribution in [0.3, 0.4) is 0 Å². The Labute approximate surface area is 126 Å². The number of carbonyl (C=O) groups excluding carboxylic acids is 1. The lowest BCUT2D eigenvalue weighted by Crippen LogP contribution is -2.51. The minimum absolute atomic E-state index is 0.0206. The highest BCUT2D eigenvalue weighted by Gasteiger charge is 2.49. The van der Waals surface area contributed by atoms with Crippen molar-refractivity contribution in [2.75, 3.05) is 13.1 Å². The van der Waals surface area contributed by atoms with Crippen LogP contribution in [0.15, 0.2) is 0 Å². The number of likely N-dealkylation sites (tertiary alicyclic amines) is 2. The predicted molar refractivity (Wildman–Crippen MR) is 79.0 cm³/mol. The van der Waals surface area contributed by atoms with Crippen LogP contribution in [0.4, 0.5) is 4.79 Å². The third kappa shape index (κ3) is 2.62. The first-order valence-corrected chi connectivity index (χ1v) is 8.41. The normalized spacial score (nSPS) is 35.9. The van der Waals surface area contributed by atoms with Gasteiger partial charge in [0.2, 0.25) is 0 Å². The van der Waals surface area contributed by atoms with E-state index in [0.29, 0.717) is 18.3 Å². The van der Waals surface area contributed by atoms with E-state index >= 15 is 0 Å². The first-order chi connectivity index (χ1) is 10.1. The molecule has 4 unspecified atom stereocenters. The van der Waals surface area contributed by atoms with Crippen LogP contribution in [0.5, 0.6) is 0 Å². The summed E-state index contributed by atoms with van der Waals surface area (Å²) in [5.74, 6) is 0.152. The van der Waals surface area contributed by atoms with Crippen molar-refractivity contribution < 1.29 is 14.7 Å². The van der Waals surface area contributed by atoms with Gasteiger partial charge in [-0.15, -0.1) is 0 Å². The van der Waals surface area contributed by atoms with Gasteiger partial charge in [-0.2, -0.15) is 0 Å². The highest BCUT2D eigenvalue weighted by molar-refractivity contribution is 5.84. The average Bonchev–Trinajstić information content (AvgIpc) is 3.11. The number of urea groups is 1. The summed E-state index contributed by atoms with van der Waals surface area (Å²) in [6, 6.07) is -0.466. The molecule has 2 heterocycles. The number of hydrogen-bond acceptors (Lipinski definition) is 2. The van der Waals surface area contributed by atoms with E-state index in [4.69, 9.17) is 0 Å². The first kappa shape index (κ1) is 14.7.